The first-order chi connectivity index (χ1) is 46.2. The molecule has 0 amide bonds. The van der Waals surface area contributed by atoms with Gasteiger partial charge in [0.1, 0.15) is 0 Å². The van der Waals surface area contributed by atoms with Gasteiger partial charge in [-0.1, -0.05) is 273 Å². The van der Waals surface area contributed by atoms with Crippen LogP contribution < -0.4 is 40.3 Å². The van der Waals surface area contributed by atoms with Gasteiger partial charge in [0.25, 0.3) is 0 Å². The maximum Gasteiger partial charge on any atom is 0.179 e. The van der Waals surface area contributed by atoms with Crippen molar-refractivity contribution in [2.24, 2.45) is 0 Å². The quantitative estimate of drug-likeness (QED) is 0.0795. The minimum atomic E-state index is -3.73. The summed E-state index contributed by atoms with van der Waals surface area (Å²) in [5.41, 5.74) is 15.3. The highest BCUT2D eigenvalue weighted by molar-refractivity contribution is 7.20. The van der Waals surface area contributed by atoms with Crippen LogP contribution in [-0.4, -0.2) is 8.07 Å². The highest BCUT2D eigenvalue weighted by atomic mass is 28.3. The molecule has 0 spiro atoms. The maximum absolute atomic E-state index is 3.73. The predicted molar refractivity (Wildman–Crippen MR) is 398 cm³/mol. The van der Waals surface area contributed by atoms with Gasteiger partial charge < -0.3 is 19.6 Å². The molecular weight excluding hydrogens is 1140 g/mol. The Morgan fingerprint density at radius 2 is 0.548 bits per heavy atom. The molecule has 0 unspecified atom stereocenters. The number of hydrogen-bond acceptors (Lipinski definition) is 4. The van der Waals surface area contributed by atoms with E-state index in [-0.39, 0.29) is 0 Å². The molecule has 0 N–H and O–H groups in total. The molecule has 1 heterocycles. The lowest BCUT2D eigenvalue weighted by Crippen LogP contribution is -2.74. The van der Waals surface area contributed by atoms with Crippen LogP contribution in [0.3, 0.4) is 0 Å². The second-order valence-electron chi connectivity index (χ2n) is 24.0. The van der Waals surface area contributed by atoms with Crippen LogP contribution in [-0.2, 0) is 0 Å². The van der Waals surface area contributed by atoms with Crippen molar-refractivity contribution in [2.75, 3.05) is 19.6 Å². The topological polar surface area (TPSA) is 13.0 Å². The molecule has 4 nitrogen and oxygen atoms in total. The molecule has 0 atom stereocenters. The molecule has 17 rings (SSSR count). The van der Waals surface area contributed by atoms with E-state index < -0.39 is 8.07 Å². The minimum absolute atomic E-state index is 1.03. The summed E-state index contributed by atoms with van der Waals surface area (Å²) in [6.45, 7) is 0. The average molecular weight is 1200 g/mol. The van der Waals surface area contributed by atoms with Gasteiger partial charge in [-0.05, 0) is 151 Å². The summed E-state index contributed by atoms with van der Waals surface area (Å²) >= 11 is 0. The van der Waals surface area contributed by atoms with Crippen molar-refractivity contribution < 1.29 is 0 Å². The van der Waals surface area contributed by atoms with E-state index >= 15 is 0 Å². The molecule has 16 aromatic rings. The minimum Gasteiger partial charge on any atom is -0.310 e. The summed E-state index contributed by atoms with van der Waals surface area (Å²) in [7, 11) is -3.73. The Balaban J connectivity index is 1.05. The lowest BCUT2D eigenvalue weighted by Gasteiger charge is -2.39. The van der Waals surface area contributed by atoms with Gasteiger partial charge in [-0.25, -0.2) is 0 Å². The highest BCUT2D eigenvalue weighted by Gasteiger charge is 2.44. The molecular formula is C88H62N4Si. The van der Waals surface area contributed by atoms with Crippen LogP contribution in [0, 0.1) is 0 Å². The number of hydrogen-bond donors (Lipinski definition) is 0. The van der Waals surface area contributed by atoms with Gasteiger partial charge in [0.2, 0.25) is 0 Å². The SMILES string of the molecule is c1ccc(N(c2cc(N(c3ccccc3)c3cccc4ccccc34)cc([Si](c3ccccc3)(c3ccccc3)c3cc(N(c4ccccc4)c4cccc5ccccc45)cc(N4c5ccccc5-c5cccc6cccc4c56)c3)c2)c2cccc3ccccc23)cc1. The molecule has 16 aromatic carbocycles. The first-order valence-corrected chi connectivity index (χ1v) is 34.0. The lowest BCUT2D eigenvalue weighted by molar-refractivity contribution is 1.26. The van der Waals surface area contributed by atoms with Crippen molar-refractivity contribution in [3.05, 3.63) is 376 Å². The third-order valence-corrected chi connectivity index (χ3v) is 23.5. The largest absolute Gasteiger partial charge is 0.310 e. The Bertz CT molecular complexity index is 4990. The van der Waals surface area contributed by atoms with Crippen LogP contribution in [0.15, 0.2) is 376 Å². The van der Waals surface area contributed by atoms with Gasteiger partial charge in [-0.3, -0.25) is 0 Å². The first kappa shape index (κ1) is 55.1. The fourth-order valence-electron chi connectivity index (χ4n) is 14.8. The zero-order chi connectivity index (χ0) is 61.7. The third kappa shape index (κ3) is 9.52. The number of anilines is 12. The zero-order valence-corrected chi connectivity index (χ0v) is 52.1. The summed E-state index contributed by atoms with van der Waals surface area (Å²) in [6, 6.07) is 140. The second-order valence-corrected chi connectivity index (χ2v) is 27.8. The smallest absolute Gasteiger partial charge is 0.179 e. The van der Waals surface area contributed by atoms with Crippen LogP contribution >= 0.6 is 0 Å². The molecule has 0 fully saturated rings. The van der Waals surface area contributed by atoms with Gasteiger partial charge in [0.05, 0.1) is 28.4 Å². The number of fused-ring (bicyclic) bond motifs is 5. The molecule has 0 aliphatic carbocycles. The predicted octanol–water partition coefficient (Wildman–Crippen LogP) is 21.5. The van der Waals surface area contributed by atoms with Crippen LogP contribution in [0.4, 0.5) is 68.2 Å². The summed E-state index contributed by atoms with van der Waals surface area (Å²) in [5.74, 6) is 0. The standard InChI is InChI=1S/C88H62N4Si/c1-6-37-67(38-7-1)89(83-53-25-32-63-29-16-19-47-78(63)83)70-57-71(90(68-39-8-2-9-40-68)84-54-26-33-64-30-17-20-48-79(64)84)60-76(59-70)93(74-43-12-4-13-44-74,75-45-14-5-15-46-75)77-61-72(91(69-41-10-3-11-42-69)85-55-27-34-65-31-18-21-49-80(65)85)58-73(62-77)92-86-52-23-22-50-81(86)82-51-24-35-66-36-28-56-87(92)88(66)82/h1-62H. The fourth-order valence-corrected chi connectivity index (χ4v) is 19.6. The molecule has 93 heavy (non-hydrogen) atoms. The third-order valence-electron chi connectivity index (χ3n) is 18.7. The second kappa shape index (κ2) is 23.4. The molecule has 0 saturated heterocycles. The summed E-state index contributed by atoms with van der Waals surface area (Å²) < 4.78 is 0. The number of benzene rings is 16. The molecule has 0 radical (unpaired) electrons. The Morgan fingerprint density at radius 3 is 1.02 bits per heavy atom. The summed E-state index contributed by atoms with van der Waals surface area (Å²) in [5, 5.41) is 14.3. The van der Waals surface area contributed by atoms with Crippen LogP contribution in [0.2, 0.25) is 0 Å². The monoisotopic (exact) mass is 1200 g/mol. The van der Waals surface area contributed by atoms with Crippen LogP contribution in [0.5, 0.6) is 0 Å². The Kier molecular flexibility index (Phi) is 13.9. The molecule has 0 saturated carbocycles. The van der Waals surface area contributed by atoms with Crippen LogP contribution in [0.25, 0.3) is 54.2 Å². The normalized spacial score (nSPS) is 11.8. The van der Waals surface area contributed by atoms with E-state index in [0.717, 1.165) is 84.4 Å². The van der Waals surface area contributed by atoms with E-state index in [1.807, 2.05) is 0 Å². The number of para-hydroxylation sites is 4. The summed E-state index contributed by atoms with van der Waals surface area (Å²) in [4.78, 5) is 10.1. The Morgan fingerprint density at radius 1 is 0.215 bits per heavy atom. The van der Waals surface area contributed by atoms with Gasteiger partial charge in [0, 0.05) is 66.9 Å². The van der Waals surface area contributed by atoms with Crippen molar-refractivity contribution in [1.82, 2.24) is 0 Å². The molecule has 1 aliphatic rings. The van der Waals surface area contributed by atoms with Gasteiger partial charge in [0.15, 0.2) is 8.07 Å². The van der Waals surface area contributed by atoms with Crippen molar-refractivity contribution in [2.45, 2.75) is 0 Å². The average Bonchev–Trinajstić information content (AvgIpc) is 0.721. The van der Waals surface area contributed by atoms with E-state index in [1.54, 1.807) is 0 Å². The maximum atomic E-state index is 2.57. The Labute approximate surface area is 543 Å². The van der Waals surface area contributed by atoms with Crippen molar-refractivity contribution >= 4 is 140 Å². The lowest BCUT2D eigenvalue weighted by atomic mass is 9.91. The van der Waals surface area contributed by atoms with E-state index in [2.05, 4.69) is 396 Å². The van der Waals surface area contributed by atoms with E-state index in [9.17, 15) is 0 Å². The van der Waals surface area contributed by atoms with Gasteiger partial charge in [-0.2, -0.15) is 0 Å². The molecule has 1 aliphatic heterocycles. The zero-order valence-electron chi connectivity index (χ0n) is 51.1. The first-order valence-electron chi connectivity index (χ1n) is 32.0. The van der Waals surface area contributed by atoms with E-state index in [0.29, 0.717) is 0 Å². The van der Waals surface area contributed by atoms with Crippen molar-refractivity contribution in [1.29, 1.82) is 0 Å². The molecule has 438 valence electrons. The van der Waals surface area contributed by atoms with Crippen molar-refractivity contribution in [3.8, 4) is 11.1 Å². The van der Waals surface area contributed by atoms with Crippen LogP contribution in [0.1, 0.15) is 0 Å². The van der Waals surface area contributed by atoms with Crippen molar-refractivity contribution in [3.63, 3.8) is 0 Å². The molecule has 0 aromatic heterocycles. The highest BCUT2D eigenvalue weighted by Crippen LogP contribution is 2.52. The van der Waals surface area contributed by atoms with E-state index in [1.165, 1.54) is 58.8 Å². The Hall–Kier alpha value is -12.0. The number of rotatable bonds is 14. The number of nitrogens with zero attached hydrogens (tertiary/aromatic N) is 4. The van der Waals surface area contributed by atoms with Gasteiger partial charge in [-0.15, -0.1) is 0 Å². The molecule has 5 heteroatoms. The van der Waals surface area contributed by atoms with Gasteiger partial charge >= 0.3 is 0 Å². The molecule has 0 bridgehead atoms. The fraction of sp³-hybridized carbons (Fsp3) is 0. The summed E-state index contributed by atoms with van der Waals surface area (Å²) in [6.07, 6.45) is 0. The van der Waals surface area contributed by atoms with E-state index in [4.69, 9.17) is 0 Å².